The highest BCUT2D eigenvalue weighted by Crippen LogP contribution is 2.30. The SMILES string of the molecule is Cc1cc(NC(=O)CNC(=O)c2csc3c2CCCC3)ccc1Br. The zero-order chi connectivity index (χ0) is 17.1. The summed E-state index contributed by atoms with van der Waals surface area (Å²) in [6, 6.07) is 5.60. The molecule has 1 aliphatic carbocycles. The van der Waals surface area contributed by atoms with Crippen LogP contribution in [0.25, 0.3) is 0 Å². The van der Waals surface area contributed by atoms with Gasteiger partial charge in [-0.1, -0.05) is 15.9 Å². The number of carbonyl (C=O) groups excluding carboxylic acids is 2. The van der Waals surface area contributed by atoms with Gasteiger partial charge < -0.3 is 10.6 Å². The molecule has 24 heavy (non-hydrogen) atoms. The van der Waals surface area contributed by atoms with Gasteiger partial charge in [-0.15, -0.1) is 11.3 Å². The van der Waals surface area contributed by atoms with E-state index in [0.717, 1.165) is 40.5 Å². The normalized spacial score (nSPS) is 13.2. The van der Waals surface area contributed by atoms with Gasteiger partial charge in [0.2, 0.25) is 5.91 Å². The highest BCUT2D eigenvalue weighted by atomic mass is 79.9. The third-order valence-electron chi connectivity index (χ3n) is 4.16. The monoisotopic (exact) mass is 406 g/mol. The maximum absolute atomic E-state index is 12.3. The van der Waals surface area contributed by atoms with Gasteiger partial charge in [0, 0.05) is 20.4 Å². The number of nitrogens with one attached hydrogen (secondary N) is 2. The number of hydrogen-bond acceptors (Lipinski definition) is 3. The fourth-order valence-corrected chi connectivity index (χ4v) is 4.24. The summed E-state index contributed by atoms with van der Waals surface area (Å²) in [5.41, 5.74) is 3.68. The first kappa shape index (κ1) is 17.2. The first-order valence-electron chi connectivity index (χ1n) is 7.98. The molecule has 6 heteroatoms. The molecular weight excluding hydrogens is 388 g/mol. The molecule has 1 heterocycles. The fourth-order valence-electron chi connectivity index (χ4n) is 2.87. The predicted octanol–water partition coefficient (Wildman–Crippen LogP) is 4.07. The molecule has 0 aliphatic heterocycles. The Balaban J connectivity index is 1.57. The van der Waals surface area contributed by atoms with Crippen molar-refractivity contribution in [3.05, 3.63) is 49.6 Å². The quantitative estimate of drug-likeness (QED) is 0.803. The van der Waals surface area contributed by atoms with E-state index in [1.54, 1.807) is 11.3 Å². The molecule has 2 amide bonds. The highest BCUT2D eigenvalue weighted by molar-refractivity contribution is 9.10. The molecule has 3 rings (SSSR count). The molecular formula is C18H19BrN2O2S. The van der Waals surface area contributed by atoms with Gasteiger partial charge >= 0.3 is 0 Å². The molecule has 0 atom stereocenters. The molecule has 0 bridgehead atoms. The van der Waals surface area contributed by atoms with Gasteiger partial charge in [-0.25, -0.2) is 0 Å². The Morgan fingerprint density at radius 3 is 2.83 bits per heavy atom. The Bertz CT molecular complexity index is 785. The molecule has 126 valence electrons. The van der Waals surface area contributed by atoms with Crippen LogP contribution in [0.5, 0.6) is 0 Å². The molecule has 2 aromatic rings. The van der Waals surface area contributed by atoms with Crippen LogP contribution in [0.3, 0.4) is 0 Å². The van der Waals surface area contributed by atoms with E-state index in [1.165, 1.54) is 16.9 Å². The number of rotatable bonds is 4. The van der Waals surface area contributed by atoms with E-state index in [9.17, 15) is 9.59 Å². The number of amides is 2. The number of benzene rings is 1. The van der Waals surface area contributed by atoms with Crippen LogP contribution in [-0.4, -0.2) is 18.4 Å². The smallest absolute Gasteiger partial charge is 0.252 e. The maximum Gasteiger partial charge on any atom is 0.252 e. The summed E-state index contributed by atoms with van der Waals surface area (Å²) in [7, 11) is 0. The van der Waals surface area contributed by atoms with Crippen LogP contribution in [0.1, 0.15) is 39.2 Å². The molecule has 0 saturated carbocycles. The van der Waals surface area contributed by atoms with Crippen molar-refractivity contribution in [1.82, 2.24) is 5.32 Å². The molecule has 0 fully saturated rings. The van der Waals surface area contributed by atoms with E-state index in [-0.39, 0.29) is 18.4 Å². The number of fused-ring (bicyclic) bond motifs is 1. The van der Waals surface area contributed by atoms with E-state index < -0.39 is 0 Å². The van der Waals surface area contributed by atoms with Crippen LogP contribution >= 0.6 is 27.3 Å². The van der Waals surface area contributed by atoms with Gasteiger partial charge in [0.1, 0.15) is 0 Å². The van der Waals surface area contributed by atoms with Gasteiger partial charge in [0.25, 0.3) is 5.91 Å². The molecule has 1 aliphatic rings. The number of hydrogen-bond donors (Lipinski definition) is 2. The zero-order valence-corrected chi connectivity index (χ0v) is 15.9. The molecule has 0 saturated heterocycles. The number of carbonyl (C=O) groups is 2. The Morgan fingerprint density at radius 1 is 1.25 bits per heavy atom. The van der Waals surface area contributed by atoms with E-state index in [2.05, 4.69) is 26.6 Å². The van der Waals surface area contributed by atoms with Crippen molar-refractivity contribution in [2.24, 2.45) is 0 Å². The highest BCUT2D eigenvalue weighted by Gasteiger charge is 2.20. The van der Waals surface area contributed by atoms with Crippen molar-refractivity contribution in [2.45, 2.75) is 32.6 Å². The molecule has 4 nitrogen and oxygen atoms in total. The Kier molecular flexibility index (Phi) is 5.36. The average molecular weight is 407 g/mol. The van der Waals surface area contributed by atoms with E-state index in [1.807, 2.05) is 30.5 Å². The van der Waals surface area contributed by atoms with Gasteiger partial charge in [-0.05, 0) is 61.9 Å². The maximum atomic E-state index is 12.3. The molecule has 1 aromatic heterocycles. The molecule has 1 aromatic carbocycles. The van der Waals surface area contributed by atoms with Crippen LogP contribution in [-0.2, 0) is 17.6 Å². The van der Waals surface area contributed by atoms with Crippen molar-refractivity contribution < 1.29 is 9.59 Å². The molecule has 2 N–H and O–H groups in total. The standard InChI is InChI=1S/C18H19BrN2O2S/c1-11-8-12(6-7-15(11)19)21-17(22)9-20-18(23)14-10-24-16-5-3-2-4-13(14)16/h6-8,10H,2-5,9H2,1H3,(H,20,23)(H,21,22). The minimum Gasteiger partial charge on any atom is -0.343 e. The molecule has 0 radical (unpaired) electrons. The van der Waals surface area contributed by atoms with Crippen LogP contribution in [0.2, 0.25) is 0 Å². The summed E-state index contributed by atoms with van der Waals surface area (Å²) in [4.78, 5) is 25.7. The van der Waals surface area contributed by atoms with Crippen molar-refractivity contribution >= 4 is 44.8 Å². The minimum absolute atomic E-state index is 0.0292. The predicted molar refractivity (Wildman–Crippen MR) is 101 cm³/mol. The van der Waals surface area contributed by atoms with Gasteiger partial charge in [-0.2, -0.15) is 0 Å². The largest absolute Gasteiger partial charge is 0.343 e. The summed E-state index contributed by atoms with van der Waals surface area (Å²) < 4.78 is 0.996. The minimum atomic E-state index is -0.228. The second-order valence-electron chi connectivity index (χ2n) is 5.95. The lowest BCUT2D eigenvalue weighted by Crippen LogP contribution is -2.33. The van der Waals surface area contributed by atoms with Crippen molar-refractivity contribution in [3.63, 3.8) is 0 Å². The van der Waals surface area contributed by atoms with Crippen LogP contribution < -0.4 is 10.6 Å². The van der Waals surface area contributed by atoms with Gasteiger partial charge in [0.15, 0.2) is 0 Å². The lowest BCUT2D eigenvalue weighted by molar-refractivity contribution is -0.115. The van der Waals surface area contributed by atoms with Crippen LogP contribution in [0.4, 0.5) is 5.69 Å². The summed E-state index contributed by atoms with van der Waals surface area (Å²) in [5.74, 6) is -0.384. The third kappa shape index (κ3) is 3.87. The second-order valence-corrected chi connectivity index (χ2v) is 7.77. The Hall–Kier alpha value is -1.66. The van der Waals surface area contributed by atoms with Crippen molar-refractivity contribution in [2.75, 3.05) is 11.9 Å². The van der Waals surface area contributed by atoms with Crippen molar-refractivity contribution in [1.29, 1.82) is 0 Å². The Labute approximate surface area is 153 Å². The number of halogens is 1. The lowest BCUT2D eigenvalue weighted by atomic mass is 9.96. The van der Waals surface area contributed by atoms with Crippen molar-refractivity contribution in [3.8, 4) is 0 Å². The van der Waals surface area contributed by atoms with E-state index in [0.29, 0.717) is 0 Å². The summed E-state index contributed by atoms with van der Waals surface area (Å²) in [6.07, 6.45) is 4.36. The zero-order valence-electron chi connectivity index (χ0n) is 13.4. The summed E-state index contributed by atoms with van der Waals surface area (Å²) in [5, 5.41) is 7.45. The van der Waals surface area contributed by atoms with Gasteiger partial charge in [-0.3, -0.25) is 9.59 Å². The van der Waals surface area contributed by atoms with Gasteiger partial charge in [0.05, 0.1) is 12.1 Å². The first-order valence-corrected chi connectivity index (χ1v) is 9.65. The Morgan fingerprint density at radius 2 is 2.04 bits per heavy atom. The number of thiophene rings is 1. The third-order valence-corrected chi connectivity index (χ3v) is 6.14. The molecule has 0 unspecified atom stereocenters. The number of aryl methyl sites for hydroxylation is 2. The summed E-state index contributed by atoms with van der Waals surface area (Å²) >= 11 is 5.08. The van der Waals surface area contributed by atoms with Crippen LogP contribution in [0, 0.1) is 6.92 Å². The summed E-state index contributed by atoms with van der Waals surface area (Å²) in [6.45, 7) is 1.93. The van der Waals surface area contributed by atoms with Crippen LogP contribution in [0.15, 0.2) is 28.1 Å². The second kappa shape index (κ2) is 7.49. The van der Waals surface area contributed by atoms with E-state index in [4.69, 9.17) is 0 Å². The lowest BCUT2D eigenvalue weighted by Gasteiger charge is -2.13. The molecule has 0 spiro atoms. The first-order chi connectivity index (χ1) is 11.5. The fraction of sp³-hybridized carbons (Fsp3) is 0.333. The average Bonchev–Trinajstić information content (AvgIpc) is 3.00. The van der Waals surface area contributed by atoms with E-state index >= 15 is 0 Å². The topological polar surface area (TPSA) is 58.2 Å². The number of anilines is 1.